The third-order valence-electron chi connectivity index (χ3n) is 4.44. The fourth-order valence-electron chi connectivity index (χ4n) is 3.05. The maximum Gasteiger partial charge on any atom is 0.232 e. The average Bonchev–Trinajstić information content (AvgIpc) is 3.02. The largest absolute Gasteiger partial charge is 0.497 e. The van der Waals surface area contributed by atoms with Crippen LogP contribution < -0.4 is 14.5 Å². The topological polar surface area (TPSA) is 49.9 Å². The van der Waals surface area contributed by atoms with Gasteiger partial charge in [-0.05, 0) is 30.3 Å². The van der Waals surface area contributed by atoms with Crippen molar-refractivity contribution >= 4 is 50.7 Å². The SMILES string of the molecule is COc1cccc(N2CC(C(=O)N(C)c3ccc(Br)cc3Cl)CC2=O)c1. The maximum atomic E-state index is 12.9. The van der Waals surface area contributed by atoms with Crippen molar-refractivity contribution in [3.63, 3.8) is 0 Å². The highest BCUT2D eigenvalue weighted by Gasteiger charge is 2.37. The molecule has 5 nitrogen and oxygen atoms in total. The summed E-state index contributed by atoms with van der Waals surface area (Å²) in [6.07, 6.45) is 0.175. The molecule has 1 fully saturated rings. The smallest absolute Gasteiger partial charge is 0.232 e. The molecule has 0 radical (unpaired) electrons. The molecule has 2 aromatic rings. The summed E-state index contributed by atoms with van der Waals surface area (Å²) >= 11 is 9.60. The molecule has 1 aliphatic heterocycles. The lowest BCUT2D eigenvalue weighted by molar-refractivity contribution is -0.124. The molecule has 136 valence electrons. The predicted octanol–water partition coefficient (Wildman–Crippen LogP) is 4.13. The molecule has 7 heteroatoms. The first-order valence-corrected chi connectivity index (χ1v) is 9.25. The number of carbonyl (C=O) groups is 2. The Kier molecular flexibility index (Phi) is 5.53. The highest BCUT2D eigenvalue weighted by atomic mass is 79.9. The molecule has 0 aromatic heterocycles. The van der Waals surface area contributed by atoms with E-state index in [2.05, 4.69) is 15.9 Å². The van der Waals surface area contributed by atoms with Gasteiger partial charge in [0.25, 0.3) is 0 Å². The summed E-state index contributed by atoms with van der Waals surface area (Å²) in [6.45, 7) is 0.337. The second kappa shape index (κ2) is 7.68. The van der Waals surface area contributed by atoms with Gasteiger partial charge < -0.3 is 14.5 Å². The maximum absolute atomic E-state index is 12.9. The molecule has 2 amide bonds. The minimum absolute atomic E-state index is 0.0769. The number of benzene rings is 2. The van der Waals surface area contributed by atoms with E-state index < -0.39 is 5.92 Å². The number of halogens is 2. The molecule has 0 saturated carbocycles. The summed E-state index contributed by atoms with van der Waals surface area (Å²) in [5, 5.41) is 0.476. The number of hydrogen-bond donors (Lipinski definition) is 0. The average molecular weight is 438 g/mol. The number of nitrogens with zero attached hydrogens (tertiary/aromatic N) is 2. The number of amides is 2. The van der Waals surface area contributed by atoms with E-state index in [1.54, 1.807) is 37.3 Å². The molecule has 0 spiro atoms. The van der Waals surface area contributed by atoms with E-state index >= 15 is 0 Å². The molecular weight excluding hydrogens is 420 g/mol. The van der Waals surface area contributed by atoms with Crippen molar-refractivity contribution < 1.29 is 14.3 Å². The van der Waals surface area contributed by atoms with Crippen molar-refractivity contribution in [3.05, 3.63) is 52.0 Å². The zero-order chi connectivity index (χ0) is 18.8. The quantitative estimate of drug-likeness (QED) is 0.723. The second-order valence-corrected chi connectivity index (χ2v) is 7.42. The fraction of sp³-hybridized carbons (Fsp3) is 0.263. The van der Waals surface area contributed by atoms with Crippen LogP contribution in [0.15, 0.2) is 46.9 Å². The Labute approximate surface area is 165 Å². The lowest BCUT2D eigenvalue weighted by Crippen LogP contribution is -2.34. The number of methoxy groups -OCH3 is 1. The summed E-state index contributed by atoms with van der Waals surface area (Å²) < 4.78 is 6.05. The Morgan fingerprint density at radius 2 is 2.08 bits per heavy atom. The first-order valence-electron chi connectivity index (χ1n) is 8.07. The number of rotatable bonds is 4. The molecule has 0 N–H and O–H groups in total. The minimum Gasteiger partial charge on any atom is -0.497 e. The van der Waals surface area contributed by atoms with Crippen LogP contribution in [0.4, 0.5) is 11.4 Å². The Balaban J connectivity index is 1.78. The van der Waals surface area contributed by atoms with E-state index in [0.717, 1.165) is 10.2 Å². The Morgan fingerprint density at radius 1 is 1.31 bits per heavy atom. The fourth-order valence-corrected chi connectivity index (χ4v) is 3.85. The molecule has 3 rings (SSSR count). The Bertz CT molecular complexity index is 858. The molecule has 1 atom stereocenters. The zero-order valence-corrected chi connectivity index (χ0v) is 16.8. The van der Waals surface area contributed by atoms with Crippen molar-refractivity contribution in [3.8, 4) is 5.75 Å². The number of hydrogen-bond acceptors (Lipinski definition) is 3. The van der Waals surface area contributed by atoms with Gasteiger partial charge in [-0.3, -0.25) is 9.59 Å². The van der Waals surface area contributed by atoms with Crippen molar-refractivity contribution in [1.29, 1.82) is 0 Å². The van der Waals surface area contributed by atoms with E-state index in [1.165, 1.54) is 4.90 Å². The van der Waals surface area contributed by atoms with Gasteiger partial charge >= 0.3 is 0 Å². The van der Waals surface area contributed by atoms with Gasteiger partial charge in [-0.1, -0.05) is 33.6 Å². The van der Waals surface area contributed by atoms with Gasteiger partial charge in [-0.2, -0.15) is 0 Å². The lowest BCUT2D eigenvalue weighted by atomic mass is 10.1. The van der Waals surface area contributed by atoms with Gasteiger partial charge in [0, 0.05) is 36.2 Å². The molecule has 0 aliphatic carbocycles. The van der Waals surface area contributed by atoms with Gasteiger partial charge in [0.2, 0.25) is 11.8 Å². The van der Waals surface area contributed by atoms with Gasteiger partial charge in [0.05, 0.1) is 23.7 Å². The van der Waals surface area contributed by atoms with Crippen LogP contribution in [0.3, 0.4) is 0 Å². The monoisotopic (exact) mass is 436 g/mol. The molecule has 0 bridgehead atoms. The summed E-state index contributed by atoms with van der Waals surface area (Å²) in [5.41, 5.74) is 1.35. The van der Waals surface area contributed by atoms with Gasteiger partial charge in [0.1, 0.15) is 5.75 Å². The van der Waals surface area contributed by atoms with Gasteiger partial charge in [0.15, 0.2) is 0 Å². The van der Waals surface area contributed by atoms with Crippen molar-refractivity contribution in [2.45, 2.75) is 6.42 Å². The third kappa shape index (κ3) is 3.71. The van der Waals surface area contributed by atoms with E-state index in [1.807, 2.05) is 24.3 Å². The molecule has 1 aliphatic rings. The molecule has 2 aromatic carbocycles. The van der Waals surface area contributed by atoms with Crippen LogP contribution >= 0.6 is 27.5 Å². The lowest BCUT2D eigenvalue weighted by Gasteiger charge is -2.22. The van der Waals surface area contributed by atoms with Crippen LogP contribution in [0.2, 0.25) is 5.02 Å². The van der Waals surface area contributed by atoms with Crippen LogP contribution in [0.1, 0.15) is 6.42 Å². The van der Waals surface area contributed by atoms with E-state index in [9.17, 15) is 9.59 Å². The van der Waals surface area contributed by atoms with Crippen LogP contribution in [0.5, 0.6) is 5.75 Å². The first kappa shape index (κ1) is 18.7. The summed E-state index contributed by atoms with van der Waals surface area (Å²) in [5.74, 6) is 0.0436. The molecule has 1 heterocycles. The summed E-state index contributed by atoms with van der Waals surface area (Å²) in [4.78, 5) is 28.5. The number of anilines is 2. The number of ether oxygens (including phenoxy) is 1. The highest BCUT2D eigenvalue weighted by Crippen LogP contribution is 2.32. The molecule has 26 heavy (non-hydrogen) atoms. The minimum atomic E-state index is -0.418. The Hall–Kier alpha value is -2.05. The predicted molar refractivity (Wildman–Crippen MR) is 106 cm³/mol. The summed E-state index contributed by atoms with van der Waals surface area (Å²) in [7, 11) is 3.25. The third-order valence-corrected chi connectivity index (χ3v) is 5.24. The van der Waals surface area contributed by atoms with Crippen molar-refractivity contribution in [1.82, 2.24) is 0 Å². The van der Waals surface area contributed by atoms with E-state index in [4.69, 9.17) is 16.3 Å². The molecular formula is C19H18BrClN2O3. The summed E-state index contributed by atoms with van der Waals surface area (Å²) in [6, 6.07) is 12.6. The second-order valence-electron chi connectivity index (χ2n) is 6.10. The van der Waals surface area contributed by atoms with Crippen LogP contribution in [0.25, 0.3) is 0 Å². The normalized spacial score (nSPS) is 16.7. The number of carbonyl (C=O) groups excluding carboxylic acids is 2. The van der Waals surface area contributed by atoms with Gasteiger partial charge in [-0.25, -0.2) is 0 Å². The van der Waals surface area contributed by atoms with E-state index in [0.29, 0.717) is 23.0 Å². The van der Waals surface area contributed by atoms with Gasteiger partial charge in [-0.15, -0.1) is 0 Å². The first-order chi connectivity index (χ1) is 12.4. The van der Waals surface area contributed by atoms with Crippen molar-refractivity contribution in [2.24, 2.45) is 5.92 Å². The van der Waals surface area contributed by atoms with Crippen molar-refractivity contribution in [2.75, 3.05) is 30.5 Å². The molecule has 1 unspecified atom stereocenters. The van der Waals surface area contributed by atoms with E-state index in [-0.39, 0.29) is 18.2 Å². The Morgan fingerprint density at radius 3 is 2.77 bits per heavy atom. The van der Waals surface area contributed by atoms with Crippen LogP contribution in [0, 0.1) is 5.92 Å². The van der Waals surface area contributed by atoms with Crippen LogP contribution in [-0.2, 0) is 9.59 Å². The standard InChI is InChI=1S/C19H18BrClN2O3/c1-22(17-7-6-13(20)9-16(17)21)19(25)12-8-18(24)23(11-12)14-4-3-5-15(10-14)26-2/h3-7,9-10,12H,8,11H2,1-2H3. The zero-order valence-electron chi connectivity index (χ0n) is 14.4. The highest BCUT2D eigenvalue weighted by molar-refractivity contribution is 9.10. The molecule has 1 saturated heterocycles. The van der Waals surface area contributed by atoms with Crippen LogP contribution in [-0.4, -0.2) is 32.5 Å².